The molecule has 0 bridgehead atoms. The third-order valence-corrected chi connectivity index (χ3v) is 5.15. The molecule has 3 rings (SSSR count). The summed E-state index contributed by atoms with van der Waals surface area (Å²) in [4.78, 5) is 13.3. The number of benzene rings is 3. The highest BCUT2D eigenvalue weighted by Crippen LogP contribution is 2.30. The van der Waals surface area contributed by atoms with Crippen LogP contribution >= 0.6 is 0 Å². The van der Waals surface area contributed by atoms with Gasteiger partial charge in [-0.2, -0.15) is 5.10 Å². The summed E-state index contributed by atoms with van der Waals surface area (Å²) in [5, 5.41) is 16.0. The average Bonchev–Trinajstić information content (AvgIpc) is 2.77. The van der Waals surface area contributed by atoms with Crippen LogP contribution in [0.2, 0.25) is 0 Å². The normalized spacial score (nSPS) is 11.9. The van der Waals surface area contributed by atoms with E-state index in [-0.39, 0.29) is 0 Å². The predicted octanol–water partition coefficient (Wildman–Crippen LogP) is 4.86. The molecule has 3 aromatic carbocycles. The van der Waals surface area contributed by atoms with Crippen LogP contribution in [0.15, 0.2) is 84.0 Å². The molecule has 3 aromatic rings. The number of hydrogen-bond donors (Lipinski definition) is 2. The largest absolute Gasteiger partial charge is 0.372 e. The van der Waals surface area contributed by atoms with E-state index >= 15 is 0 Å². The molecule has 1 amide bonds. The number of carbonyl (C=O) groups is 1. The molecule has 154 valence electrons. The molecule has 0 atom stereocenters. The van der Waals surface area contributed by atoms with Crippen molar-refractivity contribution in [1.82, 2.24) is 5.43 Å². The van der Waals surface area contributed by atoms with Gasteiger partial charge in [-0.1, -0.05) is 103 Å². The molecule has 0 aromatic heterocycles. The zero-order valence-electron chi connectivity index (χ0n) is 17.7. The topological polar surface area (TPSA) is 61.7 Å². The number of nitrogens with one attached hydrogen (secondary N) is 1. The Bertz CT molecular complexity index is 962. The molecule has 0 saturated heterocycles. The smallest absolute Gasteiger partial charge is 0.281 e. The van der Waals surface area contributed by atoms with E-state index in [1.54, 1.807) is 24.3 Å². The Balaban J connectivity index is 1.99. The lowest BCUT2D eigenvalue weighted by Gasteiger charge is -2.27. The molecule has 0 spiro atoms. The summed E-state index contributed by atoms with van der Waals surface area (Å²) in [6, 6.07) is 24.4. The first-order valence-electron chi connectivity index (χ1n) is 10.2. The van der Waals surface area contributed by atoms with Gasteiger partial charge in [-0.05, 0) is 37.0 Å². The SMILES string of the molecule is CCC/C(=N/NC(=O)C(O)(c1ccc(C)cc1)c1ccc(C)cc1)c1ccccc1. The van der Waals surface area contributed by atoms with Gasteiger partial charge in [0, 0.05) is 0 Å². The second kappa shape index (κ2) is 9.51. The lowest BCUT2D eigenvalue weighted by Crippen LogP contribution is -2.44. The van der Waals surface area contributed by atoms with Crippen molar-refractivity contribution in [1.29, 1.82) is 0 Å². The molecule has 0 aliphatic carbocycles. The summed E-state index contributed by atoms with van der Waals surface area (Å²) in [6.07, 6.45) is 1.61. The van der Waals surface area contributed by atoms with E-state index in [1.165, 1.54) is 0 Å². The van der Waals surface area contributed by atoms with Gasteiger partial charge in [0.25, 0.3) is 5.91 Å². The number of aryl methyl sites for hydroxylation is 2. The van der Waals surface area contributed by atoms with Crippen molar-refractivity contribution in [2.24, 2.45) is 5.10 Å². The molecule has 2 N–H and O–H groups in total. The summed E-state index contributed by atoms with van der Waals surface area (Å²) < 4.78 is 0. The second-order valence-corrected chi connectivity index (χ2v) is 7.56. The minimum absolute atomic E-state index is 0.501. The van der Waals surface area contributed by atoms with Crippen molar-refractivity contribution >= 4 is 11.6 Å². The van der Waals surface area contributed by atoms with E-state index in [9.17, 15) is 9.90 Å². The van der Waals surface area contributed by atoms with Crippen molar-refractivity contribution in [2.45, 2.75) is 39.2 Å². The molecular formula is C26H28N2O2. The zero-order valence-corrected chi connectivity index (χ0v) is 17.7. The zero-order chi connectivity index (χ0) is 21.6. The Kier molecular flexibility index (Phi) is 6.80. The molecule has 0 radical (unpaired) electrons. The van der Waals surface area contributed by atoms with Crippen LogP contribution in [-0.2, 0) is 10.4 Å². The van der Waals surface area contributed by atoms with Gasteiger partial charge in [0.1, 0.15) is 0 Å². The Morgan fingerprint density at radius 1 is 0.867 bits per heavy atom. The molecule has 0 aliphatic rings. The Morgan fingerprint density at radius 3 is 1.83 bits per heavy atom. The molecule has 0 fully saturated rings. The van der Waals surface area contributed by atoms with Crippen LogP contribution in [-0.4, -0.2) is 16.7 Å². The van der Waals surface area contributed by atoms with Crippen LogP contribution in [0.25, 0.3) is 0 Å². The van der Waals surface area contributed by atoms with E-state index < -0.39 is 11.5 Å². The Morgan fingerprint density at radius 2 is 1.37 bits per heavy atom. The van der Waals surface area contributed by atoms with E-state index in [1.807, 2.05) is 68.4 Å². The lowest BCUT2D eigenvalue weighted by atomic mass is 9.85. The molecule has 0 heterocycles. The fourth-order valence-corrected chi connectivity index (χ4v) is 3.35. The molecular weight excluding hydrogens is 372 g/mol. The number of carbonyl (C=O) groups excluding carboxylic acids is 1. The Labute approximate surface area is 178 Å². The van der Waals surface area contributed by atoms with Crippen LogP contribution in [0.5, 0.6) is 0 Å². The van der Waals surface area contributed by atoms with Gasteiger partial charge < -0.3 is 5.11 Å². The second-order valence-electron chi connectivity index (χ2n) is 7.56. The van der Waals surface area contributed by atoms with E-state index in [4.69, 9.17) is 0 Å². The summed E-state index contributed by atoms with van der Waals surface area (Å²) in [7, 11) is 0. The first-order valence-corrected chi connectivity index (χ1v) is 10.2. The third kappa shape index (κ3) is 4.66. The maximum atomic E-state index is 13.3. The van der Waals surface area contributed by atoms with Crippen LogP contribution in [0, 0.1) is 13.8 Å². The summed E-state index contributed by atoms with van der Waals surface area (Å²) in [6.45, 7) is 6.00. The van der Waals surface area contributed by atoms with Gasteiger partial charge in [-0.25, -0.2) is 5.43 Å². The van der Waals surface area contributed by atoms with Gasteiger partial charge >= 0.3 is 0 Å². The molecule has 0 aliphatic heterocycles. The van der Waals surface area contributed by atoms with Gasteiger partial charge in [-0.15, -0.1) is 0 Å². The number of aliphatic hydroxyl groups is 1. The predicted molar refractivity (Wildman–Crippen MR) is 121 cm³/mol. The maximum absolute atomic E-state index is 13.3. The fourth-order valence-electron chi connectivity index (χ4n) is 3.35. The minimum Gasteiger partial charge on any atom is -0.372 e. The van der Waals surface area contributed by atoms with Crippen LogP contribution in [0.4, 0.5) is 0 Å². The fraction of sp³-hybridized carbons (Fsp3) is 0.231. The van der Waals surface area contributed by atoms with E-state index in [2.05, 4.69) is 17.5 Å². The molecule has 30 heavy (non-hydrogen) atoms. The van der Waals surface area contributed by atoms with Crippen molar-refractivity contribution in [3.05, 3.63) is 107 Å². The van der Waals surface area contributed by atoms with E-state index in [0.717, 1.165) is 35.2 Å². The van der Waals surface area contributed by atoms with Gasteiger partial charge in [-0.3, -0.25) is 4.79 Å². The first-order chi connectivity index (χ1) is 14.4. The van der Waals surface area contributed by atoms with Crippen molar-refractivity contribution in [2.75, 3.05) is 0 Å². The highest BCUT2D eigenvalue weighted by atomic mass is 16.3. The van der Waals surface area contributed by atoms with Crippen molar-refractivity contribution in [3.63, 3.8) is 0 Å². The van der Waals surface area contributed by atoms with Gasteiger partial charge in [0.05, 0.1) is 5.71 Å². The standard InChI is InChI=1S/C26H28N2O2/c1-4-8-24(21-9-6-5-7-10-21)27-28-25(29)26(30,22-15-11-19(2)12-16-22)23-17-13-20(3)14-18-23/h5-7,9-18,30H,4,8H2,1-3H3,(H,28,29)/b27-24-. The van der Waals surface area contributed by atoms with Crippen molar-refractivity contribution < 1.29 is 9.90 Å². The molecule has 4 nitrogen and oxygen atoms in total. The molecule has 0 unspecified atom stereocenters. The number of amides is 1. The number of hydrazone groups is 1. The van der Waals surface area contributed by atoms with Crippen molar-refractivity contribution in [3.8, 4) is 0 Å². The summed E-state index contributed by atoms with van der Waals surface area (Å²) >= 11 is 0. The molecule has 4 heteroatoms. The number of nitrogens with zero attached hydrogens (tertiary/aromatic N) is 1. The van der Waals surface area contributed by atoms with Gasteiger partial charge in [0.2, 0.25) is 0 Å². The number of rotatable bonds is 7. The monoisotopic (exact) mass is 400 g/mol. The molecule has 0 saturated carbocycles. The quantitative estimate of drug-likeness (QED) is 0.439. The Hall–Kier alpha value is -3.24. The number of hydrogen-bond acceptors (Lipinski definition) is 3. The van der Waals surface area contributed by atoms with Gasteiger partial charge in [0.15, 0.2) is 5.60 Å². The van der Waals surface area contributed by atoms with E-state index in [0.29, 0.717) is 11.1 Å². The third-order valence-electron chi connectivity index (χ3n) is 5.15. The highest BCUT2D eigenvalue weighted by molar-refractivity contribution is 6.01. The van der Waals surface area contributed by atoms with Crippen LogP contribution in [0.3, 0.4) is 0 Å². The summed E-state index contributed by atoms with van der Waals surface area (Å²) in [5.41, 5.74) is 5.63. The first kappa shape index (κ1) is 21.5. The highest BCUT2D eigenvalue weighted by Gasteiger charge is 2.40. The van der Waals surface area contributed by atoms with Crippen LogP contribution in [0.1, 0.15) is 47.6 Å². The maximum Gasteiger partial charge on any atom is 0.281 e. The minimum atomic E-state index is -1.85. The summed E-state index contributed by atoms with van der Waals surface area (Å²) in [5.74, 6) is -0.584. The van der Waals surface area contributed by atoms with Crippen LogP contribution < -0.4 is 5.43 Å². The lowest BCUT2D eigenvalue weighted by molar-refractivity contribution is -0.136. The average molecular weight is 401 g/mol.